The Morgan fingerprint density at radius 3 is 2.36 bits per heavy atom. The van der Waals surface area contributed by atoms with E-state index in [1.165, 1.54) is 11.1 Å². The fourth-order valence-corrected chi connectivity index (χ4v) is 3.97. The van der Waals surface area contributed by atoms with Crippen molar-refractivity contribution in [2.24, 2.45) is 5.10 Å². The molecule has 1 saturated heterocycles. The summed E-state index contributed by atoms with van der Waals surface area (Å²) in [6.07, 6.45) is 5.72. The molecule has 1 heterocycles. The number of thiol groups is 2. The molecule has 2 amide bonds. The summed E-state index contributed by atoms with van der Waals surface area (Å²) in [6, 6.07) is 6.11. The molecule has 1 fully saturated rings. The zero-order chi connectivity index (χ0) is 28.7. The number of carbonyl (C=O) groups is 3. The number of hydrogen-bond donors (Lipinski definition) is 3. The van der Waals surface area contributed by atoms with Gasteiger partial charge >= 0.3 is 5.97 Å². The van der Waals surface area contributed by atoms with Crippen LogP contribution in [0.1, 0.15) is 63.5 Å². The van der Waals surface area contributed by atoms with E-state index in [9.17, 15) is 14.4 Å². The fraction of sp³-hybridized carbons (Fsp3) is 0.630. The summed E-state index contributed by atoms with van der Waals surface area (Å²) in [5, 5.41) is 5.15. The van der Waals surface area contributed by atoms with Gasteiger partial charge in [-0.2, -0.15) is 30.4 Å². The Hall–Kier alpha value is -2.28. The second-order valence-electron chi connectivity index (χ2n) is 9.57. The monoisotopic (exact) mass is 583 g/mol. The van der Waals surface area contributed by atoms with Crippen molar-refractivity contribution in [2.75, 3.05) is 45.8 Å². The van der Waals surface area contributed by atoms with E-state index in [1.54, 1.807) is 6.26 Å². The average Bonchev–Trinajstić information content (AvgIpc) is 3.22. The number of amides is 2. The second kappa shape index (κ2) is 17.4. The van der Waals surface area contributed by atoms with Crippen molar-refractivity contribution >= 4 is 48.8 Å². The summed E-state index contributed by atoms with van der Waals surface area (Å²) < 4.78 is 16.7. The predicted octanol–water partition coefficient (Wildman–Crippen LogP) is 3.37. The van der Waals surface area contributed by atoms with Crippen molar-refractivity contribution in [3.8, 4) is 5.75 Å². The molecular weight excluding hydrogens is 542 g/mol. The van der Waals surface area contributed by atoms with Crippen LogP contribution in [0.4, 0.5) is 0 Å². The zero-order valence-corrected chi connectivity index (χ0v) is 24.9. The lowest BCUT2D eigenvalue weighted by molar-refractivity contribution is -0.198. The normalized spacial score (nSPS) is 16.0. The Kier molecular flexibility index (Phi) is 14.7. The molecule has 0 bridgehead atoms. The predicted molar refractivity (Wildman–Crippen MR) is 155 cm³/mol. The van der Waals surface area contributed by atoms with Crippen LogP contribution in [0.5, 0.6) is 5.75 Å². The van der Waals surface area contributed by atoms with E-state index in [0.717, 1.165) is 43.7 Å². The summed E-state index contributed by atoms with van der Waals surface area (Å²) in [6.45, 7) is 6.54. The zero-order valence-electron chi connectivity index (χ0n) is 23.1. The third kappa shape index (κ3) is 12.2. The van der Waals surface area contributed by atoms with Crippen LogP contribution in [0.2, 0.25) is 0 Å². The van der Waals surface area contributed by atoms with Gasteiger partial charge in [-0.05, 0) is 55.7 Å². The number of fused-ring (bicyclic) bond motifs is 1. The summed E-state index contributed by atoms with van der Waals surface area (Å²) >= 11 is 8.07. The van der Waals surface area contributed by atoms with Crippen molar-refractivity contribution < 1.29 is 33.4 Å². The minimum absolute atomic E-state index is 0.0173. The van der Waals surface area contributed by atoms with E-state index in [4.69, 9.17) is 19.0 Å². The molecule has 1 N–H and O–H groups in total. The maximum absolute atomic E-state index is 11.7. The molecule has 39 heavy (non-hydrogen) atoms. The molecule has 12 heteroatoms. The highest BCUT2D eigenvalue weighted by atomic mass is 32.1. The van der Waals surface area contributed by atoms with Crippen molar-refractivity contribution in [3.63, 3.8) is 0 Å². The van der Waals surface area contributed by atoms with Gasteiger partial charge in [0.1, 0.15) is 12.4 Å². The van der Waals surface area contributed by atoms with Crippen LogP contribution in [0.15, 0.2) is 23.3 Å². The molecule has 10 nitrogen and oxygen atoms in total. The number of hydrazone groups is 1. The average molecular weight is 584 g/mol. The summed E-state index contributed by atoms with van der Waals surface area (Å²) in [4.78, 5) is 39.3. The van der Waals surface area contributed by atoms with Gasteiger partial charge in [-0.1, -0.05) is 13.8 Å². The first-order valence-electron chi connectivity index (χ1n) is 13.2. The third-order valence-corrected chi connectivity index (χ3v) is 6.05. The summed E-state index contributed by atoms with van der Waals surface area (Å²) in [5.74, 6) is -0.879. The number of nitrogens with one attached hydrogen (secondary N) is 1. The lowest BCUT2D eigenvalue weighted by atomic mass is 9.90. The first kappa shape index (κ1) is 32.9. The van der Waals surface area contributed by atoms with Gasteiger partial charge < -0.3 is 24.5 Å². The molecule has 1 aromatic rings. The molecule has 0 radical (unpaired) electrons. The molecule has 1 aliphatic heterocycles. The molecule has 3 rings (SSSR count). The standard InChI is InChI=1S/C26H37N3O7S.CH4S/c1-26(2,37)11-12-27-28-22-5-3-4-19-18-20(6-7-21(19)22)35-17-16-34-15-14-33-13-10-25(32)36-29-23(30)8-9-24(29)31;1-2/h6-7,18,27,37H,3-5,8-17H2,1-2H3;2H,1H3/b28-22+;. The van der Waals surface area contributed by atoms with E-state index in [2.05, 4.69) is 61.8 Å². The van der Waals surface area contributed by atoms with Crippen LogP contribution < -0.4 is 10.2 Å². The van der Waals surface area contributed by atoms with Crippen LogP contribution in [0.3, 0.4) is 0 Å². The minimum Gasteiger partial charge on any atom is -0.491 e. The number of hydrogen-bond acceptors (Lipinski definition) is 11. The maximum Gasteiger partial charge on any atom is 0.335 e. The number of rotatable bonds is 15. The quantitative estimate of drug-likeness (QED) is 0.125. The number of nitrogens with zero attached hydrogens (tertiary/aromatic N) is 2. The molecule has 0 saturated carbocycles. The molecule has 2 aliphatic rings. The van der Waals surface area contributed by atoms with Crippen LogP contribution in [-0.2, 0) is 35.1 Å². The van der Waals surface area contributed by atoms with Gasteiger partial charge in [-0.15, -0.1) is 5.06 Å². The molecule has 218 valence electrons. The molecule has 0 unspecified atom stereocenters. The molecule has 1 aliphatic carbocycles. The highest BCUT2D eigenvalue weighted by Gasteiger charge is 2.32. The van der Waals surface area contributed by atoms with Gasteiger partial charge in [0.25, 0.3) is 11.8 Å². The van der Waals surface area contributed by atoms with Gasteiger partial charge in [0.05, 0.1) is 38.6 Å². The highest BCUT2D eigenvalue weighted by molar-refractivity contribution is 7.81. The molecule has 1 aromatic carbocycles. The van der Waals surface area contributed by atoms with Crippen molar-refractivity contribution in [1.82, 2.24) is 10.5 Å². The smallest absolute Gasteiger partial charge is 0.335 e. The van der Waals surface area contributed by atoms with Gasteiger partial charge in [0, 0.05) is 29.7 Å². The van der Waals surface area contributed by atoms with E-state index >= 15 is 0 Å². The maximum atomic E-state index is 11.7. The van der Waals surface area contributed by atoms with E-state index in [1.807, 2.05) is 6.07 Å². The second-order valence-corrected chi connectivity index (χ2v) is 10.8. The number of benzene rings is 1. The molecule has 0 atom stereocenters. The van der Waals surface area contributed by atoms with Crippen LogP contribution >= 0.6 is 25.3 Å². The number of aryl methyl sites for hydroxylation is 1. The van der Waals surface area contributed by atoms with Crippen LogP contribution in [-0.4, -0.2) is 79.1 Å². The Balaban J connectivity index is 0.00000260. The van der Waals surface area contributed by atoms with Gasteiger partial charge in [-0.25, -0.2) is 4.79 Å². The first-order valence-corrected chi connectivity index (χ1v) is 14.5. The number of hydroxylamine groups is 2. The van der Waals surface area contributed by atoms with Crippen molar-refractivity contribution in [1.29, 1.82) is 0 Å². The van der Waals surface area contributed by atoms with E-state index in [-0.39, 0.29) is 30.6 Å². The van der Waals surface area contributed by atoms with Crippen molar-refractivity contribution in [3.05, 3.63) is 29.3 Å². The third-order valence-electron chi connectivity index (χ3n) is 5.83. The number of imide groups is 1. The van der Waals surface area contributed by atoms with Crippen LogP contribution in [0, 0.1) is 0 Å². The lowest BCUT2D eigenvalue weighted by Crippen LogP contribution is -2.32. The summed E-state index contributed by atoms with van der Waals surface area (Å²) in [7, 11) is 0. The fourth-order valence-electron chi connectivity index (χ4n) is 3.86. The Labute approximate surface area is 241 Å². The topological polar surface area (TPSA) is 116 Å². The summed E-state index contributed by atoms with van der Waals surface area (Å²) in [5.41, 5.74) is 6.69. The van der Waals surface area contributed by atoms with Gasteiger partial charge in [0.2, 0.25) is 0 Å². The minimum atomic E-state index is -0.685. The van der Waals surface area contributed by atoms with Crippen molar-refractivity contribution in [2.45, 2.75) is 63.5 Å². The molecule has 0 aromatic heterocycles. The van der Waals surface area contributed by atoms with Gasteiger partial charge in [0.15, 0.2) is 0 Å². The van der Waals surface area contributed by atoms with E-state index < -0.39 is 17.8 Å². The highest BCUT2D eigenvalue weighted by Crippen LogP contribution is 2.26. The molecule has 0 spiro atoms. The molecular formula is C27H41N3O7S2. The Morgan fingerprint density at radius 1 is 1.00 bits per heavy atom. The Bertz CT molecular complexity index is 967. The number of ether oxygens (including phenoxy) is 3. The van der Waals surface area contributed by atoms with Crippen LogP contribution in [0.25, 0.3) is 0 Å². The largest absolute Gasteiger partial charge is 0.491 e. The lowest BCUT2D eigenvalue weighted by Gasteiger charge is -2.20. The Morgan fingerprint density at radius 2 is 1.67 bits per heavy atom. The van der Waals surface area contributed by atoms with Gasteiger partial charge in [-0.3, -0.25) is 9.59 Å². The number of carbonyl (C=O) groups excluding carboxylic acids is 3. The SMILES string of the molecule is CC(C)(S)CCN/N=C1\CCCc2cc(OCCOCCOCCC(=O)ON3C(=O)CCC3=O)ccc21.CS. The first-order chi connectivity index (χ1) is 18.7. The van der Waals surface area contributed by atoms with E-state index in [0.29, 0.717) is 31.5 Å².